The lowest BCUT2D eigenvalue weighted by atomic mass is 9.85. The predicted octanol–water partition coefficient (Wildman–Crippen LogP) is 2.50. The molecule has 0 saturated carbocycles. The van der Waals surface area contributed by atoms with E-state index in [1.165, 1.54) is 0 Å². The van der Waals surface area contributed by atoms with Gasteiger partial charge in [-0.25, -0.2) is 4.68 Å². The van der Waals surface area contributed by atoms with Crippen LogP contribution in [0, 0.1) is 5.41 Å². The lowest BCUT2D eigenvalue weighted by Crippen LogP contribution is -2.41. The number of hydrogen-bond acceptors (Lipinski definition) is 5. The van der Waals surface area contributed by atoms with Crippen molar-refractivity contribution < 1.29 is 0 Å². The van der Waals surface area contributed by atoms with E-state index in [4.69, 9.17) is 0 Å². The molecule has 0 amide bonds. The minimum absolute atomic E-state index is 0.00327. The smallest absolute Gasteiger partial charge is 0.263 e. The normalized spacial score (nSPS) is 13.3. The first-order valence-electron chi connectivity index (χ1n) is 8.73. The van der Waals surface area contributed by atoms with Gasteiger partial charge >= 0.3 is 0 Å². The summed E-state index contributed by atoms with van der Waals surface area (Å²) in [7, 11) is 4.11. The van der Waals surface area contributed by atoms with Gasteiger partial charge in [-0.15, -0.1) is 0 Å². The molecule has 3 aromatic rings. The fourth-order valence-electron chi connectivity index (χ4n) is 3.10. The van der Waals surface area contributed by atoms with Crippen molar-refractivity contribution in [3.05, 3.63) is 46.9 Å². The lowest BCUT2D eigenvalue weighted by Gasteiger charge is -2.34. The maximum atomic E-state index is 12.5. The van der Waals surface area contributed by atoms with E-state index in [2.05, 4.69) is 60.1 Å². The number of para-hydroxylation sites is 1. The van der Waals surface area contributed by atoms with E-state index < -0.39 is 0 Å². The fourth-order valence-corrected chi connectivity index (χ4v) is 3.10. The van der Waals surface area contributed by atoms with Crippen molar-refractivity contribution in [2.45, 2.75) is 26.8 Å². The summed E-state index contributed by atoms with van der Waals surface area (Å²) in [4.78, 5) is 22.1. The number of rotatable bonds is 6. The van der Waals surface area contributed by atoms with Gasteiger partial charge in [-0.05, 0) is 38.6 Å². The number of anilines is 1. The van der Waals surface area contributed by atoms with Gasteiger partial charge in [0.15, 0.2) is 5.65 Å². The highest BCUT2D eigenvalue weighted by Gasteiger charge is 2.27. The van der Waals surface area contributed by atoms with Crippen molar-refractivity contribution in [1.82, 2.24) is 24.6 Å². The van der Waals surface area contributed by atoms with Crippen molar-refractivity contribution in [2.75, 3.05) is 26.0 Å². The minimum Gasteiger partial charge on any atom is -0.353 e. The second kappa shape index (κ2) is 6.92. The number of H-pyrrole nitrogens is 1. The molecule has 2 N–H and O–H groups in total. The highest BCUT2D eigenvalue weighted by molar-refractivity contribution is 5.76. The van der Waals surface area contributed by atoms with E-state index in [0.29, 0.717) is 17.0 Å². The van der Waals surface area contributed by atoms with Gasteiger partial charge < -0.3 is 10.2 Å². The Labute approximate surface area is 153 Å². The number of aromatic nitrogens is 4. The van der Waals surface area contributed by atoms with Gasteiger partial charge in [0.2, 0.25) is 5.95 Å². The molecule has 0 saturated heterocycles. The van der Waals surface area contributed by atoms with Crippen molar-refractivity contribution in [3.63, 3.8) is 0 Å². The Bertz CT molecular complexity index is 942. The Hall–Kier alpha value is -2.67. The van der Waals surface area contributed by atoms with Crippen molar-refractivity contribution >= 4 is 17.0 Å². The Morgan fingerprint density at radius 3 is 2.62 bits per heavy atom. The van der Waals surface area contributed by atoms with Crippen LogP contribution in [0.25, 0.3) is 16.7 Å². The molecule has 26 heavy (non-hydrogen) atoms. The third-order valence-electron chi connectivity index (χ3n) is 4.69. The Morgan fingerprint density at radius 2 is 1.96 bits per heavy atom. The molecule has 2 heterocycles. The second-order valence-electron chi connectivity index (χ2n) is 7.64. The molecule has 3 rings (SSSR count). The molecule has 0 aliphatic carbocycles. The van der Waals surface area contributed by atoms with Crippen LogP contribution in [0.3, 0.4) is 0 Å². The van der Waals surface area contributed by atoms with Crippen LogP contribution in [-0.4, -0.2) is 51.3 Å². The first kappa shape index (κ1) is 18.1. The topological polar surface area (TPSA) is 78.8 Å². The molecule has 0 aliphatic rings. The van der Waals surface area contributed by atoms with Crippen LogP contribution in [0.2, 0.25) is 0 Å². The van der Waals surface area contributed by atoms with E-state index in [9.17, 15) is 4.79 Å². The Kier molecular flexibility index (Phi) is 4.82. The van der Waals surface area contributed by atoms with Crippen LogP contribution in [0.1, 0.15) is 20.8 Å². The van der Waals surface area contributed by atoms with Gasteiger partial charge in [0.1, 0.15) is 5.39 Å². The molecule has 7 nitrogen and oxygen atoms in total. The van der Waals surface area contributed by atoms with E-state index in [1.807, 2.05) is 30.3 Å². The largest absolute Gasteiger partial charge is 0.353 e. The molecule has 1 unspecified atom stereocenters. The summed E-state index contributed by atoms with van der Waals surface area (Å²) in [6.45, 7) is 7.39. The molecule has 2 aromatic heterocycles. The van der Waals surface area contributed by atoms with Crippen molar-refractivity contribution in [3.8, 4) is 5.69 Å². The first-order chi connectivity index (χ1) is 12.3. The molecular formula is C19H26N6O. The summed E-state index contributed by atoms with van der Waals surface area (Å²) < 4.78 is 1.69. The van der Waals surface area contributed by atoms with Crippen LogP contribution in [0.15, 0.2) is 41.3 Å². The fraction of sp³-hybridized carbons (Fsp3) is 0.421. The number of benzene rings is 1. The average Bonchev–Trinajstić information content (AvgIpc) is 2.99. The van der Waals surface area contributed by atoms with E-state index in [-0.39, 0.29) is 17.0 Å². The van der Waals surface area contributed by atoms with Gasteiger partial charge in [-0.1, -0.05) is 32.0 Å². The van der Waals surface area contributed by atoms with Crippen LogP contribution in [-0.2, 0) is 0 Å². The number of hydrogen-bond donors (Lipinski definition) is 2. The molecule has 7 heteroatoms. The third-order valence-corrected chi connectivity index (χ3v) is 4.69. The van der Waals surface area contributed by atoms with Crippen LogP contribution in [0.4, 0.5) is 5.95 Å². The minimum atomic E-state index is -0.197. The zero-order chi connectivity index (χ0) is 18.9. The number of nitrogens with one attached hydrogen (secondary N) is 2. The number of fused-ring (bicyclic) bond motifs is 1. The molecule has 0 fully saturated rings. The SMILES string of the molecule is CC(Nc1nc2c(cnn2-c2ccccc2)c(=O)[nH]1)C(C)(C)CN(C)C. The van der Waals surface area contributed by atoms with Gasteiger partial charge in [0, 0.05) is 12.6 Å². The highest BCUT2D eigenvalue weighted by Crippen LogP contribution is 2.24. The third kappa shape index (κ3) is 3.62. The molecule has 1 atom stereocenters. The monoisotopic (exact) mass is 354 g/mol. The average molecular weight is 354 g/mol. The maximum Gasteiger partial charge on any atom is 0.263 e. The first-order valence-corrected chi connectivity index (χ1v) is 8.73. The molecule has 0 bridgehead atoms. The summed E-state index contributed by atoms with van der Waals surface area (Å²) in [6, 6.07) is 9.79. The van der Waals surface area contributed by atoms with Crippen LogP contribution in [0.5, 0.6) is 0 Å². The van der Waals surface area contributed by atoms with Crippen LogP contribution >= 0.6 is 0 Å². The maximum absolute atomic E-state index is 12.5. The highest BCUT2D eigenvalue weighted by atomic mass is 16.1. The van der Waals surface area contributed by atoms with Gasteiger partial charge in [0.25, 0.3) is 5.56 Å². The standard InChI is InChI=1S/C19H26N6O/c1-13(19(2,3)12-24(4)5)21-18-22-16-15(17(26)23-18)11-20-25(16)14-9-7-6-8-10-14/h6-11,13H,12H2,1-5H3,(H2,21,22,23,26). The lowest BCUT2D eigenvalue weighted by molar-refractivity contribution is 0.217. The number of aromatic amines is 1. The summed E-state index contributed by atoms with van der Waals surface area (Å²) in [5.41, 5.74) is 1.21. The molecule has 0 spiro atoms. The van der Waals surface area contributed by atoms with Gasteiger partial charge in [-0.2, -0.15) is 10.1 Å². The van der Waals surface area contributed by atoms with E-state index in [0.717, 1.165) is 12.2 Å². The zero-order valence-corrected chi connectivity index (χ0v) is 15.9. The van der Waals surface area contributed by atoms with Gasteiger partial charge in [0.05, 0.1) is 11.9 Å². The second-order valence-corrected chi connectivity index (χ2v) is 7.64. The van der Waals surface area contributed by atoms with Crippen molar-refractivity contribution in [1.29, 1.82) is 0 Å². The van der Waals surface area contributed by atoms with Crippen molar-refractivity contribution in [2.24, 2.45) is 5.41 Å². The summed E-state index contributed by atoms with van der Waals surface area (Å²) in [5.74, 6) is 0.458. The predicted molar refractivity (Wildman–Crippen MR) is 105 cm³/mol. The Balaban J connectivity index is 1.97. The quantitative estimate of drug-likeness (QED) is 0.711. The molecule has 138 valence electrons. The van der Waals surface area contributed by atoms with Gasteiger partial charge in [-0.3, -0.25) is 9.78 Å². The Morgan fingerprint density at radius 1 is 1.27 bits per heavy atom. The van der Waals surface area contributed by atoms with Crippen LogP contribution < -0.4 is 10.9 Å². The molecule has 0 aliphatic heterocycles. The summed E-state index contributed by atoms with van der Waals surface area (Å²) in [5, 5.41) is 8.16. The zero-order valence-electron chi connectivity index (χ0n) is 15.9. The van der Waals surface area contributed by atoms with E-state index in [1.54, 1.807) is 10.9 Å². The number of nitrogens with zero attached hydrogens (tertiary/aromatic N) is 4. The summed E-state index contributed by atoms with van der Waals surface area (Å²) >= 11 is 0. The van der Waals surface area contributed by atoms with E-state index >= 15 is 0 Å². The summed E-state index contributed by atoms with van der Waals surface area (Å²) in [6.07, 6.45) is 1.55. The molecule has 0 radical (unpaired) electrons. The molecule has 1 aromatic carbocycles. The molecular weight excluding hydrogens is 328 g/mol.